The van der Waals surface area contributed by atoms with Crippen LogP contribution < -0.4 is 0 Å². The zero-order chi connectivity index (χ0) is 19.0. The van der Waals surface area contributed by atoms with Gasteiger partial charge in [-0.2, -0.15) is 10.4 Å². The molecule has 27 heavy (non-hydrogen) atoms. The van der Waals surface area contributed by atoms with Crippen molar-refractivity contribution in [3.63, 3.8) is 0 Å². The van der Waals surface area contributed by atoms with Gasteiger partial charge in [-0.15, -0.1) is 0 Å². The van der Waals surface area contributed by atoms with Crippen molar-refractivity contribution in [2.45, 2.75) is 33.2 Å². The number of aryl methyl sites for hydroxylation is 2. The lowest BCUT2D eigenvalue weighted by Gasteiger charge is -2.09. The first-order chi connectivity index (χ1) is 13.1. The fourth-order valence-corrected chi connectivity index (χ4v) is 3.41. The number of hydrogen-bond donors (Lipinski definition) is 0. The van der Waals surface area contributed by atoms with Crippen LogP contribution in [0.15, 0.2) is 28.9 Å². The number of pyridine rings is 1. The van der Waals surface area contributed by atoms with Gasteiger partial charge in [0.15, 0.2) is 0 Å². The smallest absolute Gasteiger partial charge is 0.374 e. The zero-order valence-electron chi connectivity index (χ0n) is 15.2. The Morgan fingerprint density at radius 1 is 1.41 bits per heavy atom. The number of nitrogens with zero attached hydrogens (tertiary/aromatic N) is 4. The van der Waals surface area contributed by atoms with E-state index in [1.54, 1.807) is 19.2 Å². The van der Waals surface area contributed by atoms with Crippen LogP contribution >= 0.6 is 0 Å². The molecule has 0 saturated heterocycles. The van der Waals surface area contributed by atoms with Crippen LogP contribution in [0, 0.1) is 18.3 Å². The van der Waals surface area contributed by atoms with Gasteiger partial charge >= 0.3 is 5.97 Å². The van der Waals surface area contributed by atoms with E-state index in [2.05, 4.69) is 4.98 Å². The third-order valence-electron chi connectivity index (χ3n) is 4.66. The van der Waals surface area contributed by atoms with Crippen LogP contribution in [0.25, 0.3) is 11.3 Å². The van der Waals surface area contributed by atoms with Crippen LogP contribution in [0.5, 0.6) is 0 Å². The molecule has 1 aliphatic rings. The van der Waals surface area contributed by atoms with Crippen molar-refractivity contribution in [1.29, 1.82) is 5.26 Å². The van der Waals surface area contributed by atoms with Crippen molar-refractivity contribution in [2.75, 3.05) is 6.61 Å². The molecule has 1 aliphatic carbocycles. The van der Waals surface area contributed by atoms with E-state index in [0.717, 1.165) is 46.5 Å². The molecule has 0 unspecified atom stereocenters. The molecule has 7 nitrogen and oxygen atoms in total. The number of carbonyl (C=O) groups is 1. The van der Waals surface area contributed by atoms with E-state index in [0.29, 0.717) is 18.8 Å². The molecule has 0 radical (unpaired) electrons. The van der Waals surface area contributed by atoms with Gasteiger partial charge in [0.25, 0.3) is 0 Å². The number of hydrogen-bond acceptors (Lipinski definition) is 6. The fourth-order valence-electron chi connectivity index (χ4n) is 3.41. The molecule has 3 aromatic rings. The first-order valence-electron chi connectivity index (χ1n) is 8.81. The summed E-state index contributed by atoms with van der Waals surface area (Å²) in [5.41, 5.74) is 5.01. The Morgan fingerprint density at radius 3 is 2.96 bits per heavy atom. The molecule has 0 amide bonds. The molecule has 3 heterocycles. The van der Waals surface area contributed by atoms with Gasteiger partial charge in [0.05, 0.1) is 18.8 Å². The molecule has 0 N–H and O–H groups in total. The third-order valence-corrected chi connectivity index (χ3v) is 4.66. The van der Waals surface area contributed by atoms with Crippen LogP contribution in [-0.4, -0.2) is 27.3 Å². The number of nitriles is 1. The molecule has 0 saturated carbocycles. The van der Waals surface area contributed by atoms with E-state index >= 15 is 0 Å². The van der Waals surface area contributed by atoms with Crippen LogP contribution in [0.4, 0.5) is 0 Å². The molecule has 0 fully saturated rings. The molecule has 0 aromatic carbocycles. The number of rotatable bonds is 4. The van der Waals surface area contributed by atoms with Gasteiger partial charge in [0.1, 0.15) is 17.5 Å². The van der Waals surface area contributed by atoms with E-state index in [4.69, 9.17) is 19.5 Å². The van der Waals surface area contributed by atoms with Crippen LogP contribution in [-0.2, 0) is 24.1 Å². The minimum absolute atomic E-state index is 0.264. The second kappa shape index (κ2) is 6.72. The standard InChI is InChI=1S/C20H18N4O3/c1-3-26-20(25)19-12(2)17-16(27-19)7-5-14-11-24(23-18(14)17)10-13-4-6-15(8-21)22-9-13/h4,6,9,11H,3,5,7,10H2,1-2H3. The number of ether oxygens (including phenoxy) is 1. The first kappa shape index (κ1) is 17.0. The van der Waals surface area contributed by atoms with E-state index in [1.165, 1.54) is 0 Å². The highest BCUT2D eigenvalue weighted by Gasteiger charge is 2.30. The summed E-state index contributed by atoms with van der Waals surface area (Å²) >= 11 is 0. The van der Waals surface area contributed by atoms with Crippen LogP contribution in [0.2, 0.25) is 0 Å². The molecular weight excluding hydrogens is 344 g/mol. The lowest BCUT2D eigenvalue weighted by Crippen LogP contribution is -2.05. The van der Waals surface area contributed by atoms with Crippen molar-refractivity contribution < 1.29 is 13.9 Å². The summed E-state index contributed by atoms with van der Waals surface area (Å²) < 4.78 is 12.7. The summed E-state index contributed by atoms with van der Waals surface area (Å²) in [6, 6.07) is 5.59. The molecule has 0 aliphatic heterocycles. The monoisotopic (exact) mass is 362 g/mol. The third kappa shape index (κ3) is 2.99. The van der Waals surface area contributed by atoms with Crippen molar-refractivity contribution in [1.82, 2.24) is 14.8 Å². The van der Waals surface area contributed by atoms with Gasteiger partial charge in [0, 0.05) is 29.9 Å². The summed E-state index contributed by atoms with van der Waals surface area (Å²) in [5.74, 6) is 0.614. The molecule has 0 bridgehead atoms. The van der Waals surface area contributed by atoms with Gasteiger partial charge in [-0.25, -0.2) is 9.78 Å². The summed E-state index contributed by atoms with van der Waals surface area (Å²) in [6.45, 7) is 4.51. The van der Waals surface area contributed by atoms with Gasteiger partial charge in [-0.1, -0.05) is 6.07 Å². The Labute approximate surface area is 156 Å². The van der Waals surface area contributed by atoms with E-state index in [-0.39, 0.29) is 5.76 Å². The molecule has 0 atom stereocenters. The second-order valence-electron chi connectivity index (χ2n) is 6.44. The van der Waals surface area contributed by atoms with Gasteiger partial charge in [0.2, 0.25) is 5.76 Å². The van der Waals surface area contributed by atoms with Gasteiger partial charge in [-0.05, 0) is 37.5 Å². The highest BCUT2D eigenvalue weighted by molar-refractivity contribution is 5.91. The Kier molecular flexibility index (Phi) is 4.24. The van der Waals surface area contributed by atoms with Crippen LogP contribution in [0.1, 0.15) is 45.6 Å². The Bertz CT molecular complexity index is 1050. The lowest BCUT2D eigenvalue weighted by molar-refractivity contribution is 0.0487. The Balaban J connectivity index is 1.66. The Hall–Kier alpha value is -3.40. The van der Waals surface area contributed by atoms with Crippen molar-refractivity contribution in [2.24, 2.45) is 0 Å². The highest BCUT2D eigenvalue weighted by Crippen LogP contribution is 2.38. The summed E-state index contributed by atoms with van der Waals surface area (Å²) in [5, 5.41) is 13.6. The number of esters is 1. The predicted molar refractivity (Wildman–Crippen MR) is 96.1 cm³/mol. The van der Waals surface area contributed by atoms with Crippen molar-refractivity contribution in [3.8, 4) is 17.3 Å². The molecule has 4 rings (SSSR count). The number of carbonyl (C=O) groups excluding carboxylic acids is 1. The fraction of sp³-hybridized carbons (Fsp3) is 0.300. The first-order valence-corrected chi connectivity index (χ1v) is 8.81. The van der Waals surface area contributed by atoms with Gasteiger partial charge in [-0.3, -0.25) is 4.68 Å². The Morgan fingerprint density at radius 2 is 2.26 bits per heavy atom. The van der Waals surface area contributed by atoms with Crippen molar-refractivity contribution >= 4 is 5.97 Å². The average molecular weight is 362 g/mol. The zero-order valence-corrected chi connectivity index (χ0v) is 15.2. The van der Waals surface area contributed by atoms with E-state index in [9.17, 15) is 4.79 Å². The normalized spacial score (nSPS) is 12.2. The minimum Gasteiger partial charge on any atom is -0.460 e. The summed E-state index contributed by atoms with van der Waals surface area (Å²) in [6.07, 6.45) is 5.25. The van der Waals surface area contributed by atoms with Crippen molar-refractivity contribution in [3.05, 3.63) is 58.4 Å². The molecule has 0 spiro atoms. The maximum absolute atomic E-state index is 12.1. The average Bonchev–Trinajstić information content (AvgIpc) is 3.23. The van der Waals surface area contributed by atoms with E-state index < -0.39 is 5.97 Å². The van der Waals surface area contributed by atoms with Crippen LogP contribution in [0.3, 0.4) is 0 Å². The summed E-state index contributed by atoms with van der Waals surface area (Å²) in [7, 11) is 0. The molecular formula is C20H18N4O3. The maximum atomic E-state index is 12.1. The minimum atomic E-state index is -0.436. The highest BCUT2D eigenvalue weighted by atomic mass is 16.5. The largest absolute Gasteiger partial charge is 0.460 e. The quantitative estimate of drug-likeness (QED) is 0.662. The number of fused-ring (bicyclic) bond motifs is 3. The van der Waals surface area contributed by atoms with E-state index in [1.807, 2.05) is 29.9 Å². The predicted octanol–water partition coefficient (Wildman–Crippen LogP) is 3.04. The maximum Gasteiger partial charge on any atom is 0.374 e. The second-order valence-corrected chi connectivity index (χ2v) is 6.44. The lowest BCUT2D eigenvalue weighted by atomic mass is 9.94. The molecule has 7 heteroatoms. The van der Waals surface area contributed by atoms with Gasteiger partial charge < -0.3 is 9.15 Å². The number of furan rings is 1. The molecule has 3 aromatic heterocycles. The summed E-state index contributed by atoms with van der Waals surface area (Å²) in [4.78, 5) is 16.2. The number of aromatic nitrogens is 3. The molecule has 136 valence electrons. The topological polar surface area (TPSA) is 93.9 Å². The SMILES string of the molecule is CCOC(=O)c1oc2c(c1C)-c1nn(Cc3ccc(C#N)nc3)cc1CC2.